The molecule has 7 nitrogen and oxygen atoms in total. The molecule has 1 heterocycles. The van der Waals surface area contributed by atoms with E-state index >= 15 is 0 Å². The summed E-state index contributed by atoms with van der Waals surface area (Å²) in [4.78, 5) is 8.80. The van der Waals surface area contributed by atoms with Gasteiger partial charge < -0.3 is 19.9 Å². The fourth-order valence-electron chi connectivity index (χ4n) is 2.16. The Labute approximate surface area is 171 Å². The van der Waals surface area contributed by atoms with Gasteiger partial charge in [0.15, 0.2) is 11.8 Å². The molecule has 0 atom stereocenters. The molecule has 142 valence electrons. The molecule has 0 saturated heterocycles. The lowest BCUT2D eigenvalue weighted by atomic mass is 10.2. The van der Waals surface area contributed by atoms with Crippen molar-refractivity contribution in [3.8, 4) is 5.75 Å². The minimum absolute atomic E-state index is 0. The molecule has 2 N–H and O–H groups in total. The lowest BCUT2D eigenvalue weighted by molar-refractivity contribution is 0.359. The molecule has 8 heteroatoms. The summed E-state index contributed by atoms with van der Waals surface area (Å²) in [5.74, 6) is 2.82. The SMILES string of the molecule is C=CCOc1ccccc1CN=C(NCC)NCCc1nc(C)no1.I. The number of hydrogen-bond acceptors (Lipinski definition) is 5. The van der Waals surface area contributed by atoms with Gasteiger partial charge in [0.1, 0.15) is 12.4 Å². The molecule has 0 aliphatic rings. The zero-order valence-electron chi connectivity index (χ0n) is 15.2. The Hall–Kier alpha value is -2.10. The average Bonchev–Trinajstić information content (AvgIpc) is 3.03. The van der Waals surface area contributed by atoms with Gasteiger partial charge >= 0.3 is 0 Å². The molecule has 0 aliphatic carbocycles. The van der Waals surface area contributed by atoms with E-state index in [0.717, 1.165) is 23.8 Å². The Morgan fingerprint density at radius 3 is 2.85 bits per heavy atom. The summed E-state index contributed by atoms with van der Waals surface area (Å²) in [5, 5.41) is 10.3. The fourth-order valence-corrected chi connectivity index (χ4v) is 2.16. The Kier molecular flexibility index (Phi) is 10.4. The van der Waals surface area contributed by atoms with Crippen LogP contribution < -0.4 is 15.4 Å². The molecule has 0 amide bonds. The number of aryl methyl sites for hydroxylation is 1. The number of aromatic nitrogens is 2. The molecule has 0 radical (unpaired) electrons. The van der Waals surface area contributed by atoms with Gasteiger partial charge in [-0.1, -0.05) is 36.0 Å². The van der Waals surface area contributed by atoms with Crippen LogP contribution in [0.1, 0.15) is 24.2 Å². The maximum atomic E-state index is 5.66. The molecule has 0 unspecified atom stereocenters. The average molecular weight is 471 g/mol. The van der Waals surface area contributed by atoms with Crippen molar-refractivity contribution in [2.45, 2.75) is 26.8 Å². The number of para-hydroxylation sites is 1. The van der Waals surface area contributed by atoms with E-state index in [1.807, 2.05) is 31.2 Å². The van der Waals surface area contributed by atoms with Crippen LogP contribution in [-0.4, -0.2) is 35.8 Å². The Morgan fingerprint density at radius 2 is 2.15 bits per heavy atom. The highest BCUT2D eigenvalue weighted by Crippen LogP contribution is 2.18. The van der Waals surface area contributed by atoms with Gasteiger partial charge in [-0.15, -0.1) is 24.0 Å². The number of aliphatic imine (C=N–C) groups is 1. The summed E-state index contributed by atoms with van der Waals surface area (Å²) >= 11 is 0. The minimum Gasteiger partial charge on any atom is -0.489 e. The van der Waals surface area contributed by atoms with E-state index in [0.29, 0.717) is 37.8 Å². The first-order chi connectivity index (χ1) is 12.2. The highest BCUT2D eigenvalue weighted by atomic mass is 127. The molecule has 1 aromatic carbocycles. The van der Waals surface area contributed by atoms with E-state index in [9.17, 15) is 0 Å². The number of ether oxygens (including phenoxy) is 1. The van der Waals surface area contributed by atoms with Crippen molar-refractivity contribution < 1.29 is 9.26 Å². The maximum absolute atomic E-state index is 5.66. The largest absolute Gasteiger partial charge is 0.489 e. The van der Waals surface area contributed by atoms with Crippen LogP contribution >= 0.6 is 24.0 Å². The molecule has 0 bridgehead atoms. The number of halogens is 1. The van der Waals surface area contributed by atoms with Gasteiger partial charge in [-0.05, 0) is 19.9 Å². The van der Waals surface area contributed by atoms with Crippen LogP contribution in [0.15, 0.2) is 46.4 Å². The van der Waals surface area contributed by atoms with Gasteiger partial charge in [-0.25, -0.2) is 4.99 Å². The van der Waals surface area contributed by atoms with Crippen molar-refractivity contribution in [1.29, 1.82) is 0 Å². The summed E-state index contributed by atoms with van der Waals surface area (Å²) in [6.45, 7) is 9.93. The monoisotopic (exact) mass is 471 g/mol. The van der Waals surface area contributed by atoms with E-state index < -0.39 is 0 Å². The molecule has 0 saturated carbocycles. The van der Waals surface area contributed by atoms with Gasteiger partial charge in [-0.3, -0.25) is 0 Å². The second-order valence-corrected chi connectivity index (χ2v) is 5.31. The number of hydrogen-bond donors (Lipinski definition) is 2. The molecule has 0 aliphatic heterocycles. The number of rotatable bonds is 9. The molecular formula is C18H26IN5O2. The quantitative estimate of drug-likeness (QED) is 0.253. The number of guanidine groups is 1. The second kappa shape index (κ2) is 12.3. The lowest BCUT2D eigenvalue weighted by Gasteiger charge is -2.12. The van der Waals surface area contributed by atoms with Crippen molar-refractivity contribution >= 4 is 29.9 Å². The third-order valence-electron chi connectivity index (χ3n) is 3.28. The number of nitrogens with one attached hydrogen (secondary N) is 2. The molecule has 2 rings (SSSR count). The van der Waals surface area contributed by atoms with Crippen molar-refractivity contribution in [3.05, 3.63) is 54.2 Å². The van der Waals surface area contributed by atoms with Gasteiger partial charge in [0.25, 0.3) is 0 Å². The maximum Gasteiger partial charge on any atom is 0.228 e. The van der Waals surface area contributed by atoms with Gasteiger partial charge in [0, 0.05) is 25.1 Å². The van der Waals surface area contributed by atoms with E-state index in [-0.39, 0.29) is 24.0 Å². The Balaban J connectivity index is 0.00000338. The lowest BCUT2D eigenvalue weighted by Crippen LogP contribution is -2.38. The zero-order chi connectivity index (χ0) is 17.9. The molecule has 0 fully saturated rings. The Morgan fingerprint density at radius 1 is 1.35 bits per heavy atom. The predicted octanol–water partition coefficient (Wildman–Crippen LogP) is 2.86. The van der Waals surface area contributed by atoms with Crippen LogP contribution in [-0.2, 0) is 13.0 Å². The van der Waals surface area contributed by atoms with Crippen molar-refractivity contribution in [2.75, 3.05) is 19.7 Å². The van der Waals surface area contributed by atoms with Crippen LogP contribution in [0.4, 0.5) is 0 Å². The summed E-state index contributed by atoms with van der Waals surface area (Å²) in [6.07, 6.45) is 2.37. The van der Waals surface area contributed by atoms with Crippen molar-refractivity contribution in [2.24, 2.45) is 4.99 Å². The molecular weight excluding hydrogens is 445 g/mol. The van der Waals surface area contributed by atoms with E-state index in [1.165, 1.54) is 0 Å². The second-order valence-electron chi connectivity index (χ2n) is 5.31. The molecule has 1 aromatic heterocycles. The topological polar surface area (TPSA) is 84.6 Å². The summed E-state index contributed by atoms with van der Waals surface area (Å²) in [6, 6.07) is 7.87. The summed E-state index contributed by atoms with van der Waals surface area (Å²) in [7, 11) is 0. The number of nitrogens with zero attached hydrogens (tertiary/aromatic N) is 3. The molecule has 26 heavy (non-hydrogen) atoms. The third-order valence-corrected chi connectivity index (χ3v) is 3.28. The van der Waals surface area contributed by atoms with Gasteiger partial charge in [-0.2, -0.15) is 4.98 Å². The van der Waals surface area contributed by atoms with E-state index in [4.69, 9.17) is 9.26 Å². The van der Waals surface area contributed by atoms with Crippen LogP contribution in [0, 0.1) is 6.92 Å². The highest BCUT2D eigenvalue weighted by Gasteiger charge is 2.05. The fraction of sp³-hybridized carbons (Fsp3) is 0.389. The zero-order valence-corrected chi connectivity index (χ0v) is 17.5. The van der Waals surface area contributed by atoms with Crippen molar-refractivity contribution in [1.82, 2.24) is 20.8 Å². The minimum atomic E-state index is 0. The van der Waals surface area contributed by atoms with Crippen molar-refractivity contribution in [3.63, 3.8) is 0 Å². The van der Waals surface area contributed by atoms with E-state index in [2.05, 4.69) is 32.3 Å². The highest BCUT2D eigenvalue weighted by molar-refractivity contribution is 14.0. The first-order valence-electron chi connectivity index (χ1n) is 8.36. The normalized spacial score (nSPS) is 10.8. The van der Waals surface area contributed by atoms with Crippen LogP contribution in [0.25, 0.3) is 0 Å². The smallest absolute Gasteiger partial charge is 0.228 e. The number of benzene rings is 1. The van der Waals surface area contributed by atoms with E-state index in [1.54, 1.807) is 13.0 Å². The van der Waals surface area contributed by atoms with Gasteiger partial charge in [0.2, 0.25) is 5.89 Å². The Bertz CT molecular complexity index is 702. The predicted molar refractivity (Wildman–Crippen MR) is 113 cm³/mol. The molecule has 2 aromatic rings. The first-order valence-corrected chi connectivity index (χ1v) is 8.36. The standard InChI is InChI=1S/C18H25N5O2.HI/c1-4-12-24-16-9-7-6-8-15(16)13-21-18(19-5-2)20-11-10-17-22-14(3)23-25-17;/h4,6-9H,1,5,10-13H2,2-3H3,(H2,19,20,21);1H. The van der Waals surface area contributed by atoms with Crippen LogP contribution in [0.2, 0.25) is 0 Å². The van der Waals surface area contributed by atoms with Crippen LogP contribution in [0.5, 0.6) is 5.75 Å². The molecule has 0 spiro atoms. The van der Waals surface area contributed by atoms with Gasteiger partial charge in [0.05, 0.1) is 6.54 Å². The summed E-state index contributed by atoms with van der Waals surface area (Å²) in [5.41, 5.74) is 1.02. The van der Waals surface area contributed by atoms with Crippen LogP contribution in [0.3, 0.4) is 0 Å². The first kappa shape index (κ1) is 21.9. The summed E-state index contributed by atoms with van der Waals surface area (Å²) < 4.78 is 10.8. The third kappa shape index (κ3) is 7.42.